The van der Waals surface area contributed by atoms with Crippen LogP contribution in [0.5, 0.6) is 5.75 Å². The van der Waals surface area contributed by atoms with E-state index < -0.39 is 0 Å². The first kappa shape index (κ1) is 15.0. The molecule has 0 bridgehead atoms. The Labute approximate surface area is 127 Å². The molecule has 0 aliphatic carbocycles. The Balaban J connectivity index is 1.79. The van der Waals surface area contributed by atoms with E-state index in [1.54, 1.807) is 36.5 Å². The lowest BCUT2D eigenvalue weighted by Gasteiger charge is -2.06. The molecule has 0 radical (unpaired) electrons. The number of carbonyl (C=O) groups excluding carboxylic acids is 1. The van der Waals surface area contributed by atoms with E-state index in [2.05, 4.69) is 15.5 Å². The Hall–Kier alpha value is -2.40. The van der Waals surface area contributed by atoms with E-state index in [0.717, 1.165) is 5.56 Å². The molecule has 2 rings (SSSR count). The SMILES string of the molecule is Cc1cc(OCC(=O)NN=Cc2ccccn2)ccc1Cl. The number of nitrogens with zero attached hydrogens (tertiary/aromatic N) is 2. The molecule has 0 spiro atoms. The topological polar surface area (TPSA) is 63.6 Å². The molecule has 21 heavy (non-hydrogen) atoms. The zero-order valence-corrected chi connectivity index (χ0v) is 12.2. The highest BCUT2D eigenvalue weighted by Gasteiger charge is 2.03. The summed E-state index contributed by atoms with van der Waals surface area (Å²) in [5, 5.41) is 4.46. The number of aryl methyl sites for hydroxylation is 1. The molecule has 2 aromatic rings. The van der Waals surface area contributed by atoms with E-state index in [4.69, 9.17) is 16.3 Å². The number of hydrazone groups is 1. The van der Waals surface area contributed by atoms with Crippen LogP contribution < -0.4 is 10.2 Å². The maximum atomic E-state index is 11.6. The third-order valence-electron chi connectivity index (χ3n) is 2.57. The lowest BCUT2D eigenvalue weighted by Crippen LogP contribution is -2.24. The molecule has 0 atom stereocenters. The van der Waals surface area contributed by atoms with Crippen molar-refractivity contribution in [1.82, 2.24) is 10.4 Å². The minimum Gasteiger partial charge on any atom is -0.484 e. The minimum atomic E-state index is -0.352. The third-order valence-corrected chi connectivity index (χ3v) is 3.00. The summed E-state index contributed by atoms with van der Waals surface area (Å²) in [6.45, 7) is 1.74. The van der Waals surface area contributed by atoms with Crippen molar-refractivity contribution in [3.63, 3.8) is 0 Å². The van der Waals surface area contributed by atoms with E-state index in [-0.39, 0.29) is 12.5 Å². The van der Waals surface area contributed by atoms with Gasteiger partial charge >= 0.3 is 0 Å². The van der Waals surface area contributed by atoms with Gasteiger partial charge in [0.25, 0.3) is 5.91 Å². The van der Waals surface area contributed by atoms with Gasteiger partial charge in [-0.15, -0.1) is 0 Å². The fraction of sp³-hybridized carbons (Fsp3) is 0.133. The van der Waals surface area contributed by atoms with Crippen LogP contribution >= 0.6 is 11.6 Å². The summed E-state index contributed by atoms with van der Waals surface area (Å²) < 4.78 is 5.35. The molecule has 1 aromatic heterocycles. The van der Waals surface area contributed by atoms with Crippen LogP contribution in [0.25, 0.3) is 0 Å². The van der Waals surface area contributed by atoms with Crippen LogP contribution in [0.15, 0.2) is 47.7 Å². The lowest BCUT2D eigenvalue weighted by atomic mass is 10.2. The van der Waals surface area contributed by atoms with Crippen molar-refractivity contribution in [2.45, 2.75) is 6.92 Å². The number of ether oxygens (including phenoxy) is 1. The minimum absolute atomic E-state index is 0.124. The van der Waals surface area contributed by atoms with Gasteiger partial charge in [0.2, 0.25) is 0 Å². The molecule has 108 valence electrons. The average molecular weight is 304 g/mol. The molecule has 0 saturated heterocycles. The number of aromatic nitrogens is 1. The highest BCUT2D eigenvalue weighted by Crippen LogP contribution is 2.20. The first-order chi connectivity index (χ1) is 10.1. The predicted molar refractivity (Wildman–Crippen MR) is 81.7 cm³/mol. The van der Waals surface area contributed by atoms with Gasteiger partial charge in [-0.05, 0) is 42.8 Å². The molecule has 6 heteroatoms. The molecule has 1 aromatic carbocycles. The van der Waals surface area contributed by atoms with Crippen molar-refractivity contribution >= 4 is 23.7 Å². The van der Waals surface area contributed by atoms with E-state index in [1.807, 2.05) is 13.0 Å². The smallest absolute Gasteiger partial charge is 0.277 e. The summed E-state index contributed by atoms with van der Waals surface area (Å²) in [6.07, 6.45) is 3.11. The Morgan fingerprint density at radius 2 is 2.29 bits per heavy atom. The van der Waals surface area contributed by atoms with Crippen molar-refractivity contribution < 1.29 is 9.53 Å². The molecular formula is C15H14ClN3O2. The second-order valence-corrected chi connectivity index (χ2v) is 4.65. The molecule has 5 nitrogen and oxygen atoms in total. The average Bonchev–Trinajstić information content (AvgIpc) is 2.49. The van der Waals surface area contributed by atoms with Gasteiger partial charge in [0.1, 0.15) is 5.75 Å². The largest absolute Gasteiger partial charge is 0.484 e. The molecule has 0 saturated carbocycles. The van der Waals surface area contributed by atoms with E-state index in [9.17, 15) is 4.79 Å². The van der Waals surface area contributed by atoms with Gasteiger partial charge in [0.15, 0.2) is 6.61 Å². The maximum Gasteiger partial charge on any atom is 0.277 e. The van der Waals surface area contributed by atoms with Gasteiger partial charge in [0, 0.05) is 11.2 Å². The number of carbonyl (C=O) groups is 1. The van der Waals surface area contributed by atoms with Gasteiger partial charge in [-0.1, -0.05) is 17.7 Å². The Kier molecular flexibility index (Phi) is 5.29. The summed E-state index contributed by atoms with van der Waals surface area (Å²) in [5.41, 5.74) is 3.92. The quantitative estimate of drug-likeness (QED) is 0.682. The van der Waals surface area contributed by atoms with Gasteiger partial charge in [-0.25, -0.2) is 5.43 Å². The molecular weight excluding hydrogens is 290 g/mol. The second-order valence-electron chi connectivity index (χ2n) is 4.25. The number of amides is 1. The van der Waals surface area contributed by atoms with Crippen molar-refractivity contribution in [2.24, 2.45) is 5.10 Å². The Morgan fingerprint density at radius 3 is 3.00 bits per heavy atom. The fourth-order valence-electron chi connectivity index (χ4n) is 1.51. The monoisotopic (exact) mass is 303 g/mol. The van der Waals surface area contributed by atoms with Crippen LogP contribution in [-0.4, -0.2) is 23.7 Å². The van der Waals surface area contributed by atoms with Crippen LogP contribution in [-0.2, 0) is 4.79 Å². The summed E-state index contributed by atoms with van der Waals surface area (Å²) >= 11 is 5.91. The molecule has 0 aliphatic rings. The van der Waals surface area contributed by atoms with Crippen LogP contribution in [0, 0.1) is 6.92 Å². The first-order valence-corrected chi connectivity index (χ1v) is 6.65. The van der Waals surface area contributed by atoms with E-state index in [1.165, 1.54) is 6.21 Å². The Morgan fingerprint density at radius 1 is 1.43 bits per heavy atom. The number of nitrogens with one attached hydrogen (secondary N) is 1. The van der Waals surface area contributed by atoms with Crippen LogP contribution in [0.3, 0.4) is 0 Å². The van der Waals surface area contributed by atoms with Gasteiger partial charge in [0.05, 0.1) is 11.9 Å². The van der Waals surface area contributed by atoms with E-state index in [0.29, 0.717) is 16.5 Å². The third kappa shape index (κ3) is 4.89. The van der Waals surface area contributed by atoms with Crippen LogP contribution in [0.2, 0.25) is 5.02 Å². The van der Waals surface area contributed by atoms with Crippen molar-refractivity contribution in [2.75, 3.05) is 6.61 Å². The molecule has 0 unspecified atom stereocenters. The molecule has 0 aliphatic heterocycles. The number of hydrogen-bond acceptors (Lipinski definition) is 4. The summed E-state index contributed by atoms with van der Waals surface area (Å²) in [4.78, 5) is 15.6. The van der Waals surface area contributed by atoms with Crippen molar-refractivity contribution in [1.29, 1.82) is 0 Å². The summed E-state index contributed by atoms with van der Waals surface area (Å²) in [6, 6.07) is 10.6. The lowest BCUT2D eigenvalue weighted by molar-refractivity contribution is -0.123. The fourth-order valence-corrected chi connectivity index (χ4v) is 1.63. The maximum absolute atomic E-state index is 11.6. The summed E-state index contributed by atoms with van der Waals surface area (Å²) in [7, 11) is 0. The molecule has 1 N–H and O–H groups in total. The normalized spacial score (nSPS) is 10.6. The zero-order valence-electron chi connectivity index (χ0n) is 11.4. The van der Waals surface area contributed by atoms with Crippen LogP contribution in [0.1, 0.15) is 11.3 Å². The van der Waals surface area contributed by atoms with Gasteiger partial charge in [-0.2, -0.15) is 5.10 Å². The van der Waals surface area contributed by atoms with Gasteiger partial charge in [-0.3, -0.25) is 9.78 Å². The standard InChI is InChI=1S/C15H14ClN3O2/c1-11-8-13(5-6-14(11)16)21-10-15(20)19-18-9-12-4-2-3-7-17-12/h2-9H,10H2,1H3,(H,19,20). The second kappa shape index (κ2) is 7.40. The predicted octanol–water partition coefficient (Wildman–Crippen LogP) is 2.57. The highest BCUT2D eigenvalue weighted by atomic mass is 35.5. The van der Waals surface area contributed by atoms with Crippen LogP contribution in [0.4, 0.5) is 0 Å². The Bertz CT molecular complexity index is 645. The number of halogens is 1. The number of pyridine rings is 1. The number of rotatable bonds is 5. The van der Waals surface area contributed by atoms with Crippen molar-refractivity contribution in [3.8, 4) is 5.75 Å². The molecule has 1 heterocycles. The highest BCUT2D eigenvalue weighted by molar-refractivity contribution is 6.31. The number of hydrogen-bond donors (Lipinski definition) is 1. The zero-order chi connectivity index (χ0) is 15.1. The van der Waals surface area contributed by atoms with E-state index >= 15 is 0 Å². The first-order valence-electron chi connectivity index (χ1n) is 6.27. The van der Waals surface area contributed by atoms with Crippen molar-refractivity contribution in [3.05, 3.63) is 58.9 Å². The summed E-state index contributed by atoms with van der Waals surface area (Å²) in [5.74, 6) is 0.232. The van der Waals surface area contributed by atoms with Gasteiger partial charge < -0.3 is 4.74 Å². The molecule has 1 amide bonds. The number of benzene rings is 1. The molecule has 0 fully saturated rings.